The van der Waals surface area contributed by atoms with E-state index >= 15 is 0 Å². The molecule has 1 aliphatic heterocycles. The molecule has 1 saturated carbocycles. The SMILES string of the molecule is COc1cccc(NC(=O)[C@H](C2CCCC2)N2CCN(C(=O)c3ccc(F)cc3)CC2)c1. The maximum atomic E-state index is 13.4. The number of benzene rings is 2. The van der Waals surface area contributed by atoms with Crippen molar-refractivity contribution in [2.45, 2.75) is 31.7 Å². The Balaban J connectivity index is 1.43. The van der Waals surface area contributed by atoms with Gasteiger partial charge in [0.15, 0.2) is 0 Å². The third kappa shape index (κ3) is 5.10. The highest BCUT2D eigenvalue weighted by molar-refractivity contribution is 5.96. The van der Waals surface area contributed by atoms with Crippen molar-refractivity contribution in [2.24, 2.45) is 5.92 Å². The second-order valence-corrected chi connectivity index (χ2v) is 8.55. The molecule has 1 aliphatic carbocycles. The predicted molar refractivity (Wildman–Crippen MR) is 121 cm³/mol. The van der Waals surface area contributed by atoms with Gasteiger partial charge in [0.2, 0.25) is 5.91 Å². The number of hydrogen-bond acceptors (Lipinski definition) is 4. The first-order valence-electron chi connectivity index (χ1n) is 11.3. The Bertz CT molecular complexity index is 936. The number of piperazine rings is 1. The summed E-state index contributed by atoms with van der Waals surface area (Å²) in [6, 6.07) is 12.8. The first-order chi connectivity index (χ1) is 15.5. The van der Waals surface area contributed by atoms with Crippen molar-refractivity contribution in [2.75, 3.05) is 38.6 Å². The summed E-state index contributed by atoms with van der Waals surface area (Å²) in [4.78, 5) is 30.1. The molecule has 1 atom stereocenters. The number of carbonyl (C=O) groups excluding carboxylic acids is 2. The van der Waals surface area contributed by atoms with E-state index in [1.807, 2.05) is 24.3 Å². The zero-order valence-electron chi connectivity index (χ0n) is 18.4. The maximum Gasteiger partial charge on any atom is 0.253 e. The van der Waals surface area contributed by atoms with Crippen molar-refractivity contribution >= 4 is 17.5 Å². The van der Waals surface area contributed by atoms with Crippen molar-refractivity contribution < 1.29 is 18.7 Å². The smallest absolute Gasteiger partial charge is 0.253 e. The molecule has 2 aliphatic rings. The maximum absolute atomic E-state index is 13.4. The van der Waals surface area contributed by atoms with Crippen LogP contribution in [0.2, 0.25) is 0 Å². The van der Waals surface area contributed by atoms with Gasteiger partial charge in [-0.1, -0.05) is 18.9 Å². The minimum Gasteiger partial charge on any atom is -0.497 e. The van der Waals surface area contributed by atoms with Crippen LogP contribution in [0.3, 0.4) is 0 Å². The van der Waals surface area contributed by atoms with Crippen molar-refractivity contribution in [3.05, 3.63) is 59.9 Å². The second-order valence-electron chi connectivity index (χ2n) is 8.55. The number of hydrogen-bond donors (Lipinski definition) is 1. The van der Waals surface area contributed by atoms with E-state index in [9.17, 15) is 14.0 Å². The van der Waals surface area contributed by atoms with E-state index in [4.69, 9.17) is 4.74 Å². The first-order valence-corrected chi connectivity index (χ1v) is 11.3. The third-order valence-electron chi connectivity index (χ3n) is 6.54. The number of ether oxygens (including phenoxy) is 1. The molecule has 6 nitrogen and oxygen atoms in total. The van der Waals surface area contributed by atoms with Gasteiger partial charge in [0, 0.05) is 43.5 Å². The molecular formula is C25H30FN3O3. The van der Waals surface area contributed by atoms with E-state index in [0.717, 1.165) is 31.4 Å². The summed E-state index contributed by atoms with van der Waals surface area (Å²) in [6.07, 6.45) is 4.39. The largest absolute Gasteiger partial charge is 0.497 e. The summed E-state index contributed by atoms with van der Waals surface area (Å²) in [5.41, 5.74) is 1.21. The lowest BCUT2D eigenvalue weighted by molar-refractivity contribution is -0.123. The van der Waals surface area contributed by atoms with Gasteiger partial charge in [-0.25, -0.2) is 4.39 Å². The van der Waals surface area contributed by atoms with E-state index in [1.165, 1.54) is 24.3 Å². The molecule has 1 N–H and O–H groups in total. The quantitative estimate of drug-likeness (QED) is 0.744. The monoisotopic (exact) mass is 439 g/mol. The Kier molecular flexibility index (Phi) is 7.05. The number of nitrogens with zero attached hydrogens (tertiary/aromatic N) is 2. The van der Waals surface area contributed by atoms with Gasteiger partial charge < -0.3 is 15.0 Å². The molecule has 7 heteroatoms. The van der Waals surface area contributed by atoms with Gasteiger partial charge in [-0.3, -0.25) is 14.5 Å². The van der Waals surface area contributed by atoms with Crippen molar-refractivity contribution in [1.82, 2.24) is 9.80 Å². The molecule has 2 aromatic rings. The van der Waals surface area contributed by atoms with Gasteiger partial charge >= 0.3 is 0 Å². The van der Waals surface area contributed by atoms with Gasteiger partial charge in [-0.15, -0.1) is 0 Å². The Morgan fingerprint density at radius 2 is 1.72 bits per heavy atom. The number of nitrogens with one attached hydrogen (secondary N) is 1. The number of methoxy groups -OCH3 is 1. The summed E-state index contributed by atoms with van der Waals surface area (Å²) >= 11 is 0. The fraction of sp³-hybridized carbons (Fsp3) is 0.440. The molecule has 0 radical (unpaired) electrons. The van der Waals surface area contributed by atoms with E-state index < -0.39 is 0 Å². The molecule has 2 fully saturated rings. The summed E-state index contributed by atoms with van der Waals surface area (Å²) in [5.74, 6) is 0.576. The molecule has 0 aromatic heterocycles. The van der Waals surface area contributed by atoms with E-state index in [-0.39, 0.29) is 23.7 Å². The van der Waals surface area contributed by atoms with E-state index in [1.54, 1.807) is 12.0 Å². The van der Waals surface area contributed by atoms with Crippen molar-refractivity contribution in [3.63, 3.8) is 0 Å². The number of halogens is 1. The molecule has 32 heavy (non-hydrogen) atoms. The summed E-state index contributed by atoms with van der Waals surface area (Å²) in [6.45, 7) is 2.37. The number of anilines is 1. The molecule has 1 saturated heterocycles. The fourth-order valence-electron chi connectivity index (χ4n) is 4.85. The molecule has 1 heterocycles. The minimum absolute atomic E-state index is 0.00321. The first kappa shape index (κ1) is 22.3. The highest BCUT2D eigenvalue weighted by atomic mass is 19.1. The summed E-state index contributed by atoms with van der Waals surface area (Å²) in [7, 11) is 1.61. The van der Waals surface area contributed by atoms with Crippen LogP contribution in [0, 0.1) is 11.7 Å². The lowest BCUT2D eigenvalue weighted by Gasteiger charge is -2.40. The Morgan fingerprint density at radius 3 is 2.38 bits per heavy atom. The topological polar surface area (TPSA) is 61.9 Å². The van der Waals surface area contributed by atoms with Crippen LogP contribution in [0.1, 0.15) is 36.0 Å². The molecule has 2 aromatic carbocycles. The lowest BCUT2D eigenvalue weighted by atomic mass is 9.94. The molecule has 4 rings (SSSR count). The summed E-state index contributed by atoms with van der Waals surface area (Å²) in [5, 5.41) is 3.08. The van der Waals surface area contributed by atoms with Gasteiger partial charge in [-0.05, 0) is 55.2 Å². The van der Waals surface area contributed by atoms with Crippen molar-refractivity contribution in [1.29, 1.82) is 0 Å². The van der Waals surface area contributed by atoms with Gasteiger partial charge in [0.05, 0.1) is 13.2 Å². The third-order valence-corrected chi connectivity index (χ3v) is 6.54. The minimum atomic E-state index is -0.354. The van der Waals surface area contributed by atoms with Gasteiger partial charge in [-0.2, -0.15) is 0 Å². The molecule has 2 amide bonds. The van der Waals surface area contributed by atoms with E-state index in [0.29, 0.717) is 43.4 Å². The Hall–Kier alpha value is -2.93. The molecule has 0 unspecified atom stereocenters. The average Bonchev–Trinajstić information content (AvgIpc) is 3.34. The normalized spacial score (nSPS) is 18.4. The molecular weight excluding hydrogens is 409 g/mol. The van der Waals surface area contributed by atoms with Gasteiger partial charge in [0.25, 0.3) is 5.91 Å². The van der Waals surface area contributed by atoms with Crippen LogP contribution in [0.4, 0.5) is 10.1 Å². The van der Waals surface area contributed by atoms with Crippen LogP contribution in [0.5, 0.6) is 5.75 Å². The fourth-order valence-corrected chi connectivity index (χ4v) is 4.85. The van der Waals surface area contributed by atoms with Crippen LogP contribution in [-0.4, -0.2) is 60.9 Å². The summed E-state index contributed by atoms with van der Waals surface area (Å²) < 4.78 is 18.4. The highest BCUT2D eigenvalue weighted by Crippen LogP contribution is 2.32. The van der Waals surface area contributed by atoms with Crippen LogP contribution in [0.15, 0.2) is 48.5 Å². The van der Waals surface area contributed by atoms with Crippen LogP contribution in [0.25, 0.3) is 0 Å². The molecule has 170 valence electrons. The lowest BCUT2D eigenvalue weighted by Crippen LogP contribution is -2.56. The van der Waals surface area contributed by atoms with Crippen LogP contribution >= 0.6 is 0 Å². The Morgan fingerprint density at radius 1 is 1.03 bits per heavy atom. The van der Waals surface area contributed by atoms with E-state index in [2.05, 4.69) is 10.2 Å². The zero-order valence-corrected chi connectivity index (χ0v) is 18.4. The number of rotatable bonds is 6. The highest BCUT2D eigenvalue weighted by Gasteiger charge is 2.37. The molecule has 0 spiro atoms. The molecule has 0 bridgehead atoms. The second kappa shape index (κ2) is 10.1. The predicted octanol–water partition coefficient (Wildman–Crippen LogP) is 3.79. The Labute approximate surface area is 188 Å². The van der Waals surface area contributed by atoms with Gasteiger partial charge in [0.1, 0.15) is 11.6 Å². The standard InChI is InChI=1S/C25H30FN3O3/c1-32-22-8-4-7-21(17-22)27-24(30)23(18-5-2-3-6-18)28-13-15-29(16-14-28)25(31)19-9-11-20(26)12-10-19/h4,7-12,17-18,23H,2-3,5-6,13-16H2,1H3,(H,27,30)/t23-/m0/s1. The zero-order chi connectivity index (χ0) is 22.5. The van der Waals surface area contributed by atoms with Crippen molar-refractivity contribution in [3.8, 4) is 5.75 Å². The average molecular weight is 440 g/mol. The van der Waals surface area contributed by atoms with Crippen LogP contribution in [-0.2, 0) is 4.79 Å². The van der Waals surface area contributed by atoms with Crippen LogP contribution < -0.4 is 10.1 Å². The number of amides is 2. The number of carbonyl (C=O) groups is 2.